The summed E-state index contributed by atoms with van der Waals surface area (Å²) in [5.41, 5.74) is 7.08. The van der Waals surface area contributed by atoms with E-state index in [1.54, 1.807) is 12.1 Å². The van der Waals surface area contributed by atoms with Crippen molar-refractivity contribution in [2.45, 2.75) is 19.4 Å². The molecule has 0 saturated carbocycles. The number of rotatable bonds is 5. The number of hydrogen-bond donors (Lipinski definition) is 2. The van der Waals surface area contributed by atoms with Gasteiger partial charge in [0.2, 0.25) is 0 Å². The summed E-state index contributed by atoms with van der Waals surface area (Å²) in [5, 5.41) is 4.94. The van der Waals surface area contributed by atoms with Gasteiger partial charge in [-0.1, -0.05) is 19.1 Å². The molecule has 0 aliphatic carbocycles. The first kappa shape index (κ1) is 19.2. The van der Waals surface area contributed by atoms with Crippen molar-refractivity contribution in [2.24, 2.45) is 5.73 Å². The summed E-state index contributed by atoms with van der Waals surface area (Å²) in [6, 6.07) is 8.74. The van der Waals surface area contributed by atoms with Crippen molar-refractivity contribution >= 4 is 34.4 Å². The van der Waals surface area contributed by atoms with Crippen LogP contribution in [0.25, 0.3) is 10.8 Å². The van der Waals surface area contributed by atoms with Gasteiger partial charge in [-0.2, -0.15) is 0 Å². The highest BCUT2D eigenvalue weighted by atomic mass is 16.5. The van der Waals surface area contributed by atoms with Crippen LogP contribution in [0.4, 0.5) is 10.5 Å². The number of imide groups is 1. The van der Waals surface area contributed by atoms with Crippen LogP contribution in [0.5, 0.6) is 0 Å². The summed E-state index contributed by atoms with van der Waals surface area (Å²) in [5.74, 6) is -0.740. The molecule has 3 N–H and O–H groups in total. The van der Waals surface area contributed by atoms with Crippen molar-refractivity contribution in [1.29, 1.82) is 0 Å². The number of carbonyl (C=O) groups is 3. The smallest absolute Gasteiger partial charge is 0.404 e. The second kappa shape index (κ2) is 7.71. The van der Waals surface area contributed by atoms with Crippen LogP contribution in [0.3, 0.4) is 0 Å². The number of anilines is 1. The molecule has 0 aromatic heterocycles. The molecule has 2 aliphatic heterocycles. The van der Waals surface area contributed by atoms with E-state index in [4.69, 9.17) is 10.5 Å². The molecular formula is C21H24N4O4. The van der Waals surface area contributed by atoms with Gasteiger partial charge in [0.1, 0.15) is 6.61 Å². The SMILES string of the molecule is CCC(COC(N)=O)N1C(=O)c2cccc3c(N4CCNCC4)ccc(c23)C1=O. The minimum absolute atomic E-state index is 0.118. The lowest BCUT2D eigenvalue weighted by Crippen LogP contribution is -2.49. The van der Waals surface area contributed by atoms with Crippen LogP contribution in [0.15, 0.2) is 30.3 Å². The zero-order valence-electron chi connectivity index (χ0n) is 16.3. The maximum atomic E-state index is 13.3. The van der Waals surface area contributed by atoms with Crippen molar-refractivity contribution in [3.05, 3.63) is 41.5 Å². The molecule has 0 bridgehead atoms. The van der Waals surface area contributed by atoms with Crippen LogP contribution in [0.2, 0.25) is 0 Å². The predicted molar refractivity (Wildman–Crippen MR) is 109 cm³/mol. The zero-order chi connectivity index (χ0) is 20.5. The molecule has 0 spiro atoms. The van der Waals surface area contributed by atoms with Crippen LogP contribution >= 0.6 is 0 Å². The molecule has 8 heteroatoms. The van der Waals surface area contributed by atoms with Crippen LogP contribution in [0, 0.1) is 0 Å². The number of piperazine rings is 1. The van der Waals surface area contributed by atoms with Crippen molar-refractivity contribution in [3.8, 4) is 0 Å². The highest BCUT2D eigenvalue weighted by Gasteiger charge is 2.38. The van der Waals surface area contributed by atoms with Gasteiger partial charge >= 0.3 is 6.09 Å². The van der Waals surface area contributed by atoms with Gasteiger partial charge in [-0.25, -0.2) is 4.79 Å². The Morgan fingerprint density at radius 1 is 1.14 bits per heavy atom. The van der Waals surface area contributed by atoms with E-state index in [-0.39, 0.29) is 18.4 Å². The van der Waals surface area contributed by atoms with Gasteiger partial charge in [-0.05, 0) is 24.6 Å². The molecular weight excluding hydrogens is 372 g/mol. The van der Waals surface area contributed by atoms with Crippen molar-refractivity contribution in [3.63, 3.8) is 0 Å². The number of ether oxygens (including phenoxy) is 1. The maximum Gasteiger partial charge on any atom is 0.404 e. The number of benzene rings is 2. The van der Waals surface area contributed by atoms with E-state index in [1.165, 1.54) is 4.90 Å². The monoisotopic (exact) mass is 396 g/mol. The van der Waals surface area contributed by atoms with E-state index >= 15 is 0 Å². The number of amides is 3. The molecule has 3 amide bonds. The van der Waals surface area contributed by atoms with Crippen LogP contribution in [-0.4, -0.2) is 61.6 Å². The van der Waals surface area contributed by atoms with Crippen LogP contribution < -0.4 is 16.0 Å². The lowest BCUT2D eigenvalue weighted by Gasteiger charge is -2.35. The van der Waals surface area contributed by atoms with Gasteiger partial charge in [0.25, 0.3) is 11.8 Å². The summed E-state index contributed by atoms with van der Waals surface area (Å²) < 4.78 is 4.88. The molecule has 152 valence electrons. The quantitative estimate of drug-likeness (QED) is 0.746. The third-order valence-electron chi connectivity index (χ3n) is 5.63. The molecule has 29 heavy (non-hydrogen) atoms. The number of carbonyl (C=O) groups excluding carboxylic acids is 3. The summed E-state index contributed by atoms with van der Waals surface area (Å²) in [6.45, 7) is 5.25. The Balaban J connectivity index is 1.78. The molecule has 2 heterocycles. The molecule has 4 rings (SSSR count). The van der Waals surface area contributed by atoms with E-state index < -0.39 is 12.1 Å². The summed E-state index contributed by atoms with van der Waals surface area (Å²) in [4.78, 5) is 41.0. The number of hydrogen-bond acceptors (Lipinski definition) is 6. The van der Waals surface area contributed by atoms with E-state index in [0.29, 0.717) is 22.9 Å². The highest BCUT2D eigenvalue weighted by molar-refractivity contribution is 6.27. The molecule has 1 atom stereocenters. The number of primary amides is 1. The molecule has 1 saturated heterocycles. The minimum Gasteiger partial charge on any atom is -0.448 e. The first-order chi connectivity index (χ1) is 14.0. The van der Waals surface area contributed by atoms with Gasteiger partial charge in [-0.15, -0.1) is 0 Å². The van der Waals surface area contributed by atoms with E-state index in [9.17, 15) is 14.4 Å². The summed E-state index contributed by atoms with van der Waals surface area (Å²) >= 11 is 0. The average Bonchev–Trinajstić information content (AvgIpc) is 2.74. The van der Waals surface area contributed by atoms with Gasteiger partial charge < -0.3 is 20.7 Å². The molecule has 2 aliphatic rings. The van der Waals surface area contributed by atoms with Gasteiger partial charge in [0.05, 0.1) is 6.04 Å². The molecule has 1 unspecified atom stereocenters. The van der Waals surface area contributed by atoms with Crippen molar-refractivity contribution < 1.29 is 19.1 Å². The summed E-state index contributed by atoms with van der Waals surface area (Å²) in [6.07, 6.45) is -0.474. The second-order valence-electron chi connectivity index (χ2n) is 7.27. The van der Waals surface area contributed by atoms with Crippen LogP contribution in [-0.2, 0) is 4.74 Å². The van der Waals surface area contributed by atoms with Gasteiger partial charge in [0, 0.05) is 53.8 Å². The lowest BCUT2D eigenvalue weighted by atomic mass is 9.91. The van der Waals surface area contributed by atoms with E-state index in [1.807, 2.05) is 25.1 Å². The fraction of sp³-hybridized carbons (Fsp3) is 0.381. The Morgan fingerprint density at radius 3 is 2.48 bits per heavy atom. The molecule has 1 fully saturated rings. The number of nitrogens with zero attached hydrogens (tertiary/aromatic N) is 2. The minimum atomic E-state index is -0.927. The second-order valence-corrected chi connectivity index (χ2v) is 7.27. The van der Waals surface area contributed by atoms with E-state index in [2.05, 4.69) is 10.2 Å². The first-order valence-corrected chi connectivity index (χ1v) is 9.84. The Morgan fingerprint density at radius 2 is 1.83 bits per heavy atom. The maximum absolute atomic E-state index is 13.3. The molecule has 0 radical (unpaired) electrons. The Labute approximate surface area is 168 Å². The van der Waals surface area contributed by atoms with Crippen LogP contribution in [0.1, 0.15) is 34.1 Å². The first-order valence-electron chi connectivity index (χ1n) is 9.84. The summed E-state index contributed by atoms with van der Waals surface area (Å²) in [7, 11) is 0. The Bertz CT molecular complexity index is 962. The van der Waals surface area contributed by atoms with Gasteiger partial charge in [0.15, 0.2) is 0 Å². The van der Waals surface area contributed by atoms with Gasteiger partial charge in [-0.3, -0.25) is 14.5 Å². The third-order valence-corrected chi connectivity index (χ3v) is 5.63. The fourth-order valence-corrected chi connectivity index (χ4v) is 4.17. The lowest BCUT2D eigenvalue weighted by molar-refractivity contribution is 0.0440. The van der Waals surface area contributed by atoms with Crippen molar-refractivity contribution in [2.75, 3.05) is 37.7 Å². The normalized spacial score (nSPS) is 17.6. The topological polar surface area (TPSA) is 105 Å². The van der Waals surface area contributed by atoms with Crippen molar-refractivity contribution in [1.82, 2.24) is 10.2 Å². The third kappa shape index (κ3) is 3.29. The van der Waals surface area contributed by atoms with E-state index in [0.717, 1.165) is 37.3 Å². The number of nitrogens with two attached hydrogens (primary N) is 1. The highest BCUT2D eigenvalue weighted by Crippen LogP contribution is 2.36. The Hall–Kier alpha value is -3.13. The zero-order valence-corrected chi connectivity index (χ0v) is 16.3. The fourth-order valence-electron chi connectivity index (χ4n) is 4.17. The molecule has 2 aromatic rings. The largest absolute Gasteiger partial charge is 0.448 e. The molecule has 8 nitrogen and oxygen atoms in total. The Kier molecular flexibility index (Phi) is 5.10. The average molecular weight is 396 g/mol. The number of nitrogens with one attached hydrogen (secondary N) is 1. The molecule has 2 aromatic carbocycles. The standard InChI is InChI=1S/C21H24N4O4/c1-2-13(12-29-21(22)28)25-19(26)15-5-3-4-14-17(24-10-8-23-9-11-24)7-6-16(18(14)15)20(25)27/h3-7,13,23H,2,8-12H2,1H3,(H2,22,28). The predicted octanol–water partition coefficient (Wildman–Crippen LogP) is 1.72.